The zero-order valence-electron chi connectivity index (χ0n) is 21.6. The fraction of sp³-hybridized carbons (Fsp3) is 0.407. The molecular formula is C27H32N4O6S. The van der Waals surface area contributed by atoms with Crippen LogP contribution in [0.25, 0.3) is 11.0 Å². The molecule has 202 valence electrons. The van der Waals surface area contributed by atoms with Gasteiger partial charge in [-0.15, -0.1) is 0 Å². The molecule has 4 rings (SSSR count). The maximum Gasteiger partial charge on any atom is 0.287 e. The zero-order valence-corrected chi connectivity index (χ0v) is 22.5. The third kappa shape index (κ3) is 5.94. The molecule has 2 amide bonds. The molecule has 2 N–H and O–H groups in total. The summed E-state index contributed by atoms with van der Waals surface area (Å²) in [7, 11) is -3.94. The topological polar surface area (TPSA) is 139 Å². The summed E-state index contributed by atoms with van der Waals surface area (Å²) >= 11 is 0. The van der Waals surface area contributed by atoms with Crippen LogP contribution >= 0.6 is 0 Å². The summed E-state index contributed by atoms with van der Waals surface area (Å²) in [5.41, 5.74) is 1.25. The number of aryl methyl sites for hydroxylation is 1. The molecule has 3 heterocycles. The smallest absolute Gasteiger partial charge is 0.287 e. The molecule has 0 aliphatic carbocycles. The molecule has 2 atom stereocenters. The standard InChI is InChI=1S/C27H32N4O6S/c1-17(2)15-21(30-27(34)25-18(3)19-9-4-5-11-23(19)37-25)26(33)29-20-10-8-14-31(16-22(20)32)38(35,36)24-12-6-7-13-28-24/h4-7,9,11-13,17,20-21H,8,10,14-16H2,1-3H3,(H,29,33)(H,30,34)/t20-,21-/m1/s1. The second kappa shape index (κ2) is 11.4. The quantitative estimate of drug-likeness (QED) is 0.448. The van der Waals surface area contributed by atoms with E-state index in [4.69, 9.17) is 4.42 Å². The number of nitrogens with one attached hydrogen (secondary N) is 2. The van der Waals surface area contributed by atoms with Gasteiger partial charge in [-0.25, -0.2) is 13.4 Å². The normalized spacial score (nSPS) is 17.8. The SMILES string of the molecule is Cc1c(C(=O)N[C@H](CC(C)C)C(=O)N[C@@H]2CCCN(S(=O)(=O)c3ccccn3)CC2=O)oc2ccccc12. The summed E-state index contributed by atoms with van der Waals surface area (Å²) in [4.78, 5) is 43.3. The number of para-hydroxylation sites is 1. The maximum atomic E-state index is 13.3. The van der Waals surface area contributed by atoms with Crippen molar-refractivity contribution in [2.24, 2.45) is 5.92 Å². The number of pyridine rings is 1. The van der Waals surface area contributed by atoms with Gasteiger partial charge in [0.05, 0.1) is 12.6 Å². The number of carbonyl (C=O) groups is 3. The van der Waals surface area contributed by atoms with E-state index in [2.05, 4.69) is 15.6 Å². The van der Waals surface area contributed by atoms with E-state index in [1.165, 1.54) is 12.3 Å². The lowest BCUT2D eigenvalue weighted by molar-refractivity contribution is -0.129. The summed E-state index contributed by atoms with van der Waals surface area (Å²) in [6.45, 7) is 5.40. The number of hydrogen-bond acceptors (Lipinski definition) is 7. The van der Waals surface area contributed by atoms with Crippen LogP contribution in [0.1, 0.15) is 49.2 Å². The summed E-state index contributed by atoms with van der Waals surface area (Å²) in [6.07, 6.45) is 2.38. The van der Waals surface area contributed by atoms with Crippen molar-refractivity contribution in [1.82, 2.24) is 19.9 Å². The van der Waals surface area contributed by atoms with Gasteiger partial charge in [-0.2, -0.15) is 4.31 Å². The van der Waals surface area contributed by atoms with Gasteiger partial charge in [-0.1, -0.05) is 38.1 Å². The average molecular weight is 541 g/mol. The summed E-state index contributed by atoms with van der Waals surface area (Å²) in [6, 6.07) is 10.1. The van der Waals surface area contributed by atoms with Crippen LogP contribution in [0, 0.1) is 12.8 Å². The Morgan fingerprint density at radius 1 is 1.16 bits per heavy atom. The van der Waals surface area contributed by atoms with Crippen molar-refractivity contribution < 1.29 is 27.2 Å². The number of fused-ring (bicyclic) bond motifs is 1. The van der Waals surface area contributed by atoms with Crippen LogP contribution in [0.3, 0.4) is 0 Å². The predicted molar refractivity (Wildman–Crippen MR) is 141 cm³/mol. The molecule has 3 aromatic rings. The van der Waals surface area contributed by atoms with Crippen molar-refractivity contribution in [3.8, 4) is 0 Å². The molecular weight excluding hydrogens is 508 g/mol. The number of carbonyl (C=O) groups excluding carboxylic acids is 3. The highest BCUT2D eigenvalue weighted by molar-refractivity contribution is 7.89. The molecule has 0 spiro atoms. The van der Waals surface area contributed by atoms with E-state index in [0.29, 0.717) is 24.0 Å². The number of amides is 2. The van der Waals surface area contributed by atoms with E-state index in [1.807, 2.05) is 32.0 Å². The second-order valence-electron chi connectivity index (χ2n) is 9.88. The third-order valence-electron chi connectivity index (χ3n) is 6.56. The number of rotatable bonds is 8. The molecule has 1 aliphatic heterocycles. The first-order valence-corrected chi connectivity index (χ1v) is 14.0. The number of Topliss-reactive ketones (excluding diaryl/α,β-unsaturated/α-hetero) is 1. The number of sulfonamides is 1. The van der Waals surface area contributed by atoms with Crippen LogP contribution in [0.5, 0.6) is 0 Å². The van der Waals surface area contributed by atoms with E-state index >= 15 is 0 Å². The van der Waals surface area contributed by atoms with E-state index in [0.717, 1.165) is 9.69 Å². The van der Waals surface area contributed by atoms with Gasteiger partial charge in [0.1, 0.15) is 11.6 Å². The lowest BCUT2D eigenvalue weighted by atomic mass is 10.0. The van der Waals surface area contributed by atoms with Gasteiger partial charge in [-0.05, 0) is 50.3 Å². The molecule has 10 nitrogen and oxygen atoms in total. The first-order valence-electron chi connectivity index (χ1n) is 12.6. The molecule has 1 aromatic carbocycles. The van der Waals surface area contributed by atoms with Gasteiger partial charge < -0.3 is 15.1 Å². The summed E-state index contributed by atoms with van der Waals surface area (Å²) < 4.78 is 32.8. The minimum Gasteiger partial charge on any atom is -0.451 e. The van der Waals surface area contributed by atoms with Crippen molar-refractivity contribution in [2.45, 2.75) is 57.1 Å². The molecule has 0 unspecified atom stereocenters. The van der Waals surface area contributed by atoms with Crippen LogP contribution in [-0.2, 0) is 19.6 Å². The van der Waals surface area contributed by atoms with E-state index < -0.39 is 39.7 Å². The fourth-order valence-electron chi connectivity index (χ4n) is 4.58. The highest BCUT2D eigenvalue weighted by Crippen LogP contribution is 2.25. The Bertz CT molecular complexity index is 1430. The van der Waals surface area contributed by atoms with Crippen molar-refractivity contribution >= 4 is 38.6 Å². The van der Waals surface area contributed by atoms with Gasteiger partial charge in [-0.3, -0.25) is 14.4 Å². The molecule has 1 aliphatic rings. The third-order valence-corrected chi connectivity index (χ3v) is 8.32. The molecule has 11 heteroatoms. The first kappa shape index (κ1) is 27.5. The highest BCUT2D eigenvalue weighted by Gasteiger charge is 2.35. The molecule has 0 saturated carbocycles. The predicted octanol–water partition coefficient (Wildman–Crippen LogP) is 2.82. The molecule has 38 heavy (non-hydrogen) atoms. The van der Waals surface area contributed by atoms with E-state index in [1.54, 1.807) is 25.1 Å². The van der Waals surface area contributed by atoms with Gasteiger partial charge in [0.25, 0.3) is 15.9 Å². The Morgan fingerprint density at radius 3 is 2.58 bits per heavy atom. The number of hydrogen-bond donors (Lipinski definition) is 2. The highest BCUT2D eigenvalue weighted by atomic mass is 32.2. The maximum absolute atomic E-state index is 13.3. The van der Waals surface area contributed by atoms with E-state index in [-0.39, 0.29) is 36.2 Å². The van der Waals surface area contributed by atoms with E-state index in [9.17, 15) is 22.8 Å². The van der Waals surface area contributed by atoms with Gasteiger partial charge in [0.2, 0.25) is 5.91 Å². The Labute approximate surface area is 221 Å². The Morgan fingerprint density at radius 2 is 1.89 bits per heavy atom. The zero-order chi connectivity index (χ0) is 27.4. The van der Waals surface area contributed by atoms with Gasteiger partial charge >= 0.3 is 0 Å². The minimum atomic E-state index is -3.94. The lowest BCUT2D eigenvalue weighted by Crippen LogP contribution is -2.52. The summed E-state index contributed by atoms with van der Waals surface area (Å²) in [5, 5.41) is 6.21. The van der Waals surface area contributed by atoms with Crippen molar-refractivity contribution in [3.05, 3.63) is 60.0 Å². The molecule has 2 aromatic heterocycles. The first-order chi connectivity index (χ1) is 18.1. The second-order valence-corrected chi connectivity index (χ2v) is 11.8. The lowest BCUT2D eigenvalue weighted by Gasteiger charge is -2.23. The Kier molecular flexibility index (Phi) is 8.27. The number of furan rings is 1. The van der Waals surface area contributed by atoms with Crippen molar-refractivity contribution in [2.75, 3.05) is 13.1 Å². The average Bonchev–Trinajstić information content (AvgIpc) is 3.11. The van der Waals surface area contributed by atoms with Crippen LogP contribution in [-0.4, -0.2) is 60.5 Å². The number of nitrogens with zero attached hydrogens (tertiary/aromatic N) is 2. The molecule has 0 radical (unpaired) electrons. The van der Waals surface area contributed by atoms with Crippen LogP contribution < -0.4 is 10.6 Å². The van der Waals surface area contributed by atoms with Crippen LogP contribution in [0.2, 0.25) is 0 Å². The summed E-state index contributed by atoms with van der Waals surface area (Å²) in [5.74, 6) is -1.22. The van der Waals surface area contributed by atoms with Gasteiger partial charge in [0.15, 0.2) is 16.6 Å². The van der Waals surface area contributed by atoms with Crippen LogP contribution in [0.15, 0.2) is 58.1 Å². The molecule has 0 bridgehead atoms. The fourth-order valence-corrected chi connectivity index (χ4v) is 5.95. The largest absolute Gasteiger partial charge is 0.451 e. The van der Waals surface area contributed by atoms with Gasteiger partial charge in [0, 0.05) is 23.7 Å². The number of benzene rings is 1. The molecule has 1 fully saturated rings. The number of ketones is 1. The Balaban J connectivity index is 1.46. The Hall–Kier alpha value is -3.57. The monoisotopic (exact) mass is 540 g/mol. The van der Waals surface area contributed by atoms with Crippen LogP contribution in [0.4, 0.5) is 0 Å². The van der Waals surface area contributed by atoms with Crippen molar-refractivity contribution in [3.63, 3.8) is 0 Å². The molecule has 1 saturated heterocycles. The number of aromatic nitrogens is 1. The van der Waals surface area contributed by atoms with Crippen molar-refractivity contribution in [1.29, 1.82) is 0 Å². The minimum absolute atomic E-state index is 0.0756.